The van der Waals surface area contributed by atoms with Gasteiger partial charge in [-0.25, -0.2) is 28.8 Å². The zero-order chi connectivity index (χ0) is 105. The van der Waals surface area contributed by atoms with Gasteiger partial charge in [-0.2, -0.15) is 15.4 Å². The highest BCUT2D eigenvalue weighted by molar-refractivity contribution is 5.99. The van der Waals surface area contributed by atoms with Gasteiger partial charge in [0.2, 0.25) is 0 Å². The summed E-state index contributed by atoms with van der Waals surface area (Å²) in [5, 5.41) is 52.8. The van der Waals surface area contributed by atoms with Crippen molar-refractivity contribution in [3.8, 4) is 22.5 Å². The number of anilines is 6. The molecule has 7 N–H and O–H groups in total. The van der Waals surface area contributed by atoms with Gasteiger partial charge in [0, 0.05) is 196 Å². The van der Waals surface area contributed by atoms with E-state index in [9.17, 15) is 28.8 Å². The molecular weight excluding hydrogens is 1800 g/mol. The highest BCUT2D eigenvalue weighted by Crippen LogP contribution is 2.35. The Labute approximate surface area is 854 Å². The van der Waals surface area contributed by atoms with Crippen LogP contribution in [0.25, 0.3) is 22.5 Å². The first-order valence-electron chi connectivity index (χ1n) is 51.4. The number of urea groups is 6. The number of amides is 12. The van der Waals surface area contributed by atoms with Crippen LogP contribution in [0.5, 0.6) is 0 Å². The molecule has 16 rings (SSSR count). The predicted molar refractivity (Wildman–Crippen MR) is 584 cm³/mol. The fourth-order valence-corrected chi connectivity index (χ4v) is 16.7. The number of nitrogens with one attached hydrogen (secondary N) is 7. The van der Waals surface area contributed by atoms with E-state index in [0.29, 0.717) is 63.4 Å². The summed E-state index contributed by atoms with van der Waals surface area (Å²) in [6.45, 7) is 70.7. The molecule has 0 radical (unpaired) electrons. The van der Waals surface area contributed by atoms with Crippen molar-refractivity contribution in [3.63, 3.8) is 0 Å². The van der Waals surface area contributed by atoms with Gasteiger partial charge in [-0.05, 0) is 220 Å². The van der Waals surface area contributed by atoms with Crippen LogP contribution in [-0.2, 0) is 45.3 Å². The molecule has 6 fully saturated rings. The molecule has 0 saturated carbocycles. The zero-order valence-corrected chi connectivity index (χ0v) is 89.1. The summed E-state index contributed by atoms with van der Waals surface area (Å²) in [7, 11) is 0. The molecule has 12 amide bonds. The number of aromatic nitrogens is 12. The van der Waals surface area contributed by atoms with Crippen LogP contribution in [-0.4, -0.2) is 136 Å². The van der Waals surface area contributed by atoms with Crippen LogP contribution in [0.2, 0.25) is 0 Å². The highest BCUT2D eigenvalue weighted by atomic mass is 16.2. The standard InChI is InChI=1S/C20H27N5O.2C19H25N5O.2C18H26N2O.C15H17N5O.C5H12/c1-14(2)7-9-24-13-18(22-23-24)12-17-5-6-19(15(3)11-17)25-10-8-16(4)21-20(25)26;1-13(2)7-9-23-12-17(21-22-23)16-5-6-18(14(3)11-16)24-10-8-15(4)20-19(24)25;1-13(2)7-9-23-12-17(21-22-23)16-6-5-14(3)18(11-16)24-10-8-15(4)20-19(24)25;1-13(2)6-5-7-16-8-9-17(14(3)12-16)20-11-10-15(4)19-18(20)21;1-13(2)6-5-7-16-9-8-14(3)17(12-16)20-11-10-15(4)19-18(20)21;1-10-3-4-12(7-13-9-16-19-18-13)8-14(10)20-6-5-11(2)17-15(20)21;1-4-5(2)3/h5-6,11,13-14H,4,7-10,12H2,1-3H3,(H,21,26);2*5-6,11-13H,4,7-10H2,1-3H3,(H,20,25);2*8-9,12-13H,4-7,10-11H2,1-3H3,(H,19,21);3-4,8-9H,2,5-7H2,1H3,(H,17,21)(H,16,18,19);5H,4H2,1-3H3. The third kappa shape index (κ3) is 34.4. The van der Waals surface area contributed by atoms with Gasteiger partial charge in [0.05, 0.1) is 30.0 Å². The first-order valence-corrected chi connectivity index (χ1v) is 51.4. The Morgan fingerprint density at radius 3 is 0.965 bits per heavy atom. The van der Waals surface area contributed by atoms with E-state index in [-0.39, 0.29) is 36.2 Å². The Balaban J connectivity index is 0.000000176. The summed E-state index contributed by atoms with van der Waals surface area (Å²) in [6.07, 6.45) is 25.4. The number of rotatable bonds is 30. The molecule has 10 heterocycles. The Hall–Kier alpha value is -14.1. The molecule has 30 heteroatoms. The molecular formula is C114H158N24O6. The quantitative estimate of drug-likeness (QED) is 0.0220. The maximum absolute atomic E-state index is 12.3. The molecule has 0 spiro atoms. The molecule has 144 heavy (non-hydrogen) atoms. The first-order chi connectivity index (χ1) is 68.6. The summed E-state index contributed by atoms with van der Waals surface area (Å²) >= 11 is 0. The molecule has 6 aliphatic rings. The Kier molecular flexibility index (Phi) is 42.3. The number of H-pyrrole nitrogens is 1. The molecule has 10 aromatic rings. The molecule has 6 aliphatic heterocycles. The number of nitrogens with zero attached hydrogens (tertiary/aromatic N) is 17. The Morgan fingerprint density at radius 2 is 0.604 bits per heavy atom. The molecule has 30 nitrogen and oxygen atoms in total. The lowest BCUT2D eigenvalue weighted by Crippen LogP contribution is -2.45. The van der Waals surface area contributed by atoms with Crippen molar-refractivity contribution in [2.45, 2.75) is 267 Å². The lowest BCUT2D eigenvalue weighted by atomic mass is 10.0. The van der Waals surface area contributed by atoms with Crippen LogP contribution in [0.15, 0.2) is 208 Å². The van der Waals surface area contributed by atoms with Crippen molar-refractivity contribution in [1.29, 1.82) is 0 Å². The fraction of sp³-hybridized carbons (Fsp3) is 0.456. The molecule has 0 aliphatic carbocycles. The number of carbonyl (C=O) groups is 6. The number of aromatic amines is 1. The van der Waals surface area contributed by atoms with E-state index in [4.69, 9.17) is 0 Å². The van der Waals surface area contributed by atoms with Gasteiger partial charge in [0.25, 0.3) is 0 Å². The average molecular weight is 1960 g/mol. The fourth-order valence-electron chi connectivity index (χ4n) is 16.7. The van der Waals surface area contributed by atoms with Gasteiger partial charge in [0.1, 0.15) is 11.4 Å². The molecule has 0 bridgehead atoms. The van der Waals surface area contributed by atoms with Gasteiger partial charge in [-0.1, -0.05) is 231 Å². The highest BCUT2D eigenvalue weighted by Gasteiger charge is 2.30. The van der Waals surface area contributed by atoms with E-state index in [1.807, 2.05) is 125 Å². The second-order valence-corrected chi connectivity index (χ2v) is 41.0. The van der Waals surface area contributed by atoms with Crippen LogP contribution >= 0.6 is 0 Å². The normalized spacial score (nSPS) is 15.0. The van der Waals surface area contributed by atoms with Crippen molar-refractivity contribution < 1.29 is 28.8 Å². The van der Waals surface area contributed by atoms with Gasteiger partial charge >= 0.3 is 36.2 Å². The molecule has 6 aromatic carbocycles. The van der Waals surface area contributed by atoms with Gasteiger partial charge in [0.15, 0.2) is 0 Å². The smallest absolute Gasteiger partial charge is 0.312 e. The van der Waals surface area contributed by atoms with Crippen molar-refractivity contribution >= 4 is 70.3 Å². The minimum atomic E-state index is -0.128. The lowest BCUT2D eigenvalue weighted by Gasteiger charge is -2.30. The Bertz CT molecular complexity index is 6070. The summed E-state index contributed by atoms with van der Waals surface area (Å²) < 4.78 is 5.69. The van der Waals surface area contributed by atoms with Gasteiger partial charge in [-0.15, -0.1) is 15.3 Å². The number of benzene rings is 6. The van der Waals surface area contributed by atoms with E-state index < -0.39 is 0 Å². The summed E-state index contributed by atoms with van der Waals surface area (Å²) in [6, 6.07) is 36.7. The van der Waals surface area contributed by atoms with Gasteiger partial charge < -0.3 is 31.9 Å². The molecule has 0 unspecified atom stereocenters. The van der Waals surface area contributed by atoms with E-state index >= 15 is 0 Å². The molecule has 0 atom stereocenters. The molecule has 770 valence electrons. The van der Waals surface area contributed by atoms with E-state index in [1.165, 1.54) is 54.4 Å². The third-order valence-corrected chi connectivity index (χ3v) is 25.8. The first kappa shape index (κ1) is 112. The SMILES string of the molecule is C=C1CCN(c2cc(-c3cn(CCC(C)C)nn3)ccc2C)C(=O)N1.C=C1CCN(c2cc(CCCC(C)C)ccc2C)C(=O)N1.C=C1CCN(c2cc(Cc3cn[nH]n3)ccc2C)C(=O)N1.C=C1CCN(c2ccc(-c3cn(CCC(C)C)nn3)cc2C)C(=O)N1.C=C1CCN(c2ccc(CCCC(C)C)cc2C)C(=O)N1.C=C1CCN(c2ccc(Cc3cn(CCC(C)C)nn3)cc2C)C(=O)N1.CCC(C)C. The predicted octanol–water partition coefficient (Wildman–Crippen LogP) is 24.1. The van der Waals surface area contributed by atoms with E-state index in [2.05, 4.69) is 276 Å². The van der Waals surface area contributed by atoms with Crippen molar-refractivity contribution in [1.82, 2.24) is 92.3 Å². The minimum Gasteiger partial charge on any atom is -0.312 e. The largest absolute Gasteiger partial charge is 0.326 e. The van der Waals surface area contributed by atoms with Crippen LogP contribution in [0.4, 0.5) is 62.9 Å². The third-order valence-electron chi connectivity index (χ3n) is 25.8. The van der Waals surface area contributed by atoms with E-state index in [1.54, 1.807) is 25.8 Å². The molecule has 4 aromatic heterocycles. The van der Waals surface area contributed by atoms with E-state index in [0.717, 1.165) is 250 Å². The number of hydrogen-bond acceptors (Lipinski definition) is 14. The maximum atomic E-state index is 12.3. The topological polar surface area (TPSA) is 328 Å². The van der Waals surface area contributed by atoms with Gasteiger partial charge in [-0.3, -0.25) is 43.4 Å². The number of carbonyl (C=O) groups excluding carboxylic acids is 6. The van der Waals surface area contributed by atoms with Crippen LogP contribution in [0, 0.1) is 77.0 Å². The Morgan fingerprint density at radius 1 is 0.312 bits per heavy atom. The van der Waals surface area contributed by atoms with Crippen molar-refractivity contribution in [2.75, 3.05) is 68.7 Å². The number of aryl methyl sites for hydroxylation is 11. The summed E-state index contributed by atoms with van der Waals surface area (Å²) in [5.74, 6) is 4.31. The van der Waals surface area contributed by atoms with Crippen LogP contribution in [0.1, 0.15) is 247 Å². The molecule has 6 saturated heterocycles. The monoisotopic (exact) mass is 1960 g/mol. The summed E-state index contributed by atoms with van der Waals surface area (Å²) in [4.78, 5) is 83.6. The van der Waals surface area contributed by atoms with Crippen molar-refractivity contribution in [2.24, 2.45) is 35.5 Å². The average Bonchev–Trinajstić information content (AvgIpc) is 1.41. The van der Waals surface area contributed by atoms with Crippen molar-refractivity contribution in [3.05, 3.63) is 275 Å². The maximum Gasteiger partial charge on any atom is 0.326 e. The number of hydrogen-bond donors (Lipinski definition) is 7. The van der Waals surface area contributed by atoms with Crippen LogP contribution < -0.4 is 61.3 Å². The summed E-state index contributed by atoms with van der Waals surface area (Å²) in [5.41, 5.74) is 27.4. The zero-order valence-electron chi connectivity index (χ0n) is 89.1. The second kappa shape index (κ2) is 54.4. The van der Waals surface area contributed by atoms with Crippen LogP contribution in [0.3, 0.4) is 0 Å². The minimum absolute atomic E-state index is 0.0614. The second-order valence-electron chi connectivity index (χ2n) is 41.0. The lowest BCUT2D eigenvalue weighted by molar-refractivity contribution is 0.245.